The summed E-state index contributed by atoms with van der Waals surface area (Å²) < 4.78 is 92.8. The molecule has 8 nitrogen and oxygen atoms in total. The van der Waals surface area contributed by atoms with Gasteiger partial charge in [0.1, 0.15) is 12.4 Å². The maximum Gasteiger partial charge on any atom is 0.416 e. The summed E-state index contributed by atoms with van der Waals surface area (Å²) in [6, 6.07) is 5.51. The molecule has 2 heterocycles. The van der Waals surface area contributed by atoms with Crippen molar-refractivity contribution in [3.8, 4) is 16.9 Å². The Hall–Kier alpha value is -3.18. The van der Waals surface area contributed by atoms with Crippen molar-refractivity contribution in [2.24, 2.45) is 0 Å². The maximum atomic E-state index is 13.5. The van der Waals surface area contributed by atoms with Gasteiger partial charge in [0.15, 0.2) is 4.32 Å². The first kappa shape index (κ1) is 34.7. The Labute approximate surface area is 264 Å². The number of carboxylic acid groups (broad SMARTS) is 1. The minimum atomic E-state index is -5.02. The van der Waals surface area contributed by atoms with Gasteiger partial charge in [0, 0.05) is 38.2 Å². The molecule has 0 radical (unpaired) electrons. The van der Waals surface area contributed by atoms with E-state index in [2.05, 4.69) is 10.3 Å². The van der Waals surface area contributed by atoms with Crippen molar-refractivity contribution >= 4 is 46.3 Å². The molecule has 2 aromatic carbocycles. The van der Waals surface area contributed by atoms with Crippen molar-refractivity contribution in [1.29, 1.82) is 0 Å². The molecular weight excluding hydrogens is 648 g/mol. The molecule has 2 saturated heterocycles. The topological polar surface area (TPSA) is 91.3 Å². The molecule has 2 N–H and O–H groups in total. The first-order valence-electron chi connectivity index (χ1n) is 13.8. The number of hydrogen-bond acceptors (Lipinski definition) is 8. The molecule has 2 fully saturated rings. The third-order valence-corrected chi connectivity index (χ3v) is 8.17. The normalized spacial score (nSPS) is 17.4. The van der Waals surface area contributed by atoms with E-state index in [1.54, 1.807) is 0 Å². The number of unbranched alkanes of at least 4 members (excludes halogenated alkanes) is 1. The van der Waals surface area contributed by atoms with Gasteiger partial charge in [-0.05, 0) is 60.4 Å². The van der Waals surface area contributed by atoms with E-state index in [0.717, 1.165) is 16.8 Å². The van der Waals surface area contributed by atoms with Gasteiger partial charge < -0.3 is 14.6 Å². The molecule has 0 unspecified atom stereocenters. The minimum absolute atomic E-state index is 0.0268. The Morgan fingerprint density at radius 1 is 1.02 bits per heavy atom. The van der Waals surface area contributed by atoms with Gasteiger partial charge in [-0.3, -0.25) is 14.5 Å². The summed E-state index contributed by atoms with van der Waals surface area (Å²) >= 11 is 6.27. The molecule has 0 spiro atoms. The lowest BCUT2D eigenvalue weighted by Gasteiger charge is -2.26. The molecule has 2 aliphatic heterocycles. The number of carbonyl (C=O) groups excluding carboxylic acids is 1. The fraction of sp³-hybridized carbons (Fsp3) is 0.414. The number of halogens is 6. The first-order chi connectivity index (χ1) is 21.2. The summed E-state index contributed by atoms with van der Waals surface area (Å²) in [7, 11) is 0. The van der Waals surface area contributed by atoms with Crippen LogP contribution in [0.3, 0.4) is 0 Å². The van der Waals surface area contributed by atoms with E-state index in [4.69, 9.17) is 26.8 Å². The number of nitrogens with one attached hydrogen (secondary N) is 1. The van der Waals surface area contributed by atoms with Crippen LogP contribution in [0.4, 0.5) is 26.3 Å². The number of nitrogens with zero attached hydrogens (tertiary/aromatic N) is 2. The zero-order valence-corrected chi connectivity index (χ0v) is 25.3. The highest BCUT2D eigenvalue weighted by molar-refractivity contribution is 8.26. The van der Waals surface area contributed by atoms with E-state index in [1.807, 2.05) is 0 Å². The molecule has 244 valence electrons. The quantitative estimate of drug-likeness (QED) is 0.120. The van der Waals surface area contributed by atoms with Crippen LogP contribution in [0.5, 0.6) is 5.75 Å². The second kappa shape index (κ2) is 14.9. The van der Waals surface area contributed by atoms with Gasteiger partial charge in [-0.15, -0.1) is 0 Å². The summed E-state index contributed by atoms with van der Waals surface area (Å²) in [5.74, 6) is -1.19. The number of aliphatic carboxylic acids is 1. The number of alkyl halides is 6. The average Bonchev–Trinajstić information content (AvgIpc) is 3.24. The lowest BCUT2D eigenvalue weighted by Crippen LogP contribution is -2.41. The van der Waals surface area contributed by atoms with Crippen LogP contribution in [0.1, 0.15) is 36.0 Å². The maximum absolute atomic E-state index is 13.5. The Morgan fingerprint density at radius 3 is 2.31 bits per heavy atom. The Kier molecular flexibility index (Phi) is 11.5. The number of thioether (sulfide) groups is 1. The predicted octanol–water partition coefficient (Wildman–Crippen LogP) is 6.06. The second-order valence-corrected chi connectivity index (χ2v) is 11.8. The van der Waals surface area contributed by atoms with Gasteiger partial charge in [0.25, 0.3) is 5.91 Å². The molecule has 4 rings (SSSR count). The van der Waals surface area contributed by atoms with Gasteiger partial charge in [-0.25, -0.2) is 10.4 Å². The van der Waals surface area contributed by atoms with Crippen LogP contribution in [0.25, 0.3) is 17.2 Å². The Balaban J connectivity index is 1.64. The highest BCUT2D eigenvalue weighted by Gasteiger charge is 2.37. The van der Waals surface area contributed by atoms with E-state index >= 15 is 0 Å². The number of morpholine rings is 1. The van der Waals surface area contributed by atoms with E-state index in [1.165, 1.54) is 24.3 Å². The molecule has 16 heteroatoms. The van der Waals surface area contributed by atoms with Crippen molar-refractivity contribution in [1.82, 2.24) is 15.3 Å². The smallest absolute Gasteiger partial charge is 0.416 e. The van der Waals surface area contributed by atoms with Gasteiger partial charge in [-0.2, -0.15) is 26.3 Å². The minimum Gasteiger partial charge on any atom is -0.492 e. The molecule has 1 amide bonds. The van der Waals surface area contributed by atoms with E-state index in [0.29, 0.717) is 57.8 Å². The van der Waals surface area contributed by atoms with E-state index < -0.39 is 35.4 Å². The average molecular weight is 678 g/mol. The Bertz CT molecular complexity index is 1410. The Morgan fingerprint density at radius 2 is 1.69 bits per heavy atom. The molecule has 2 aromatic rings. The number of hydrazine groups is 1. The predicted molar refractivity (Wildman–Crippen MR) is 159 cm³/mol. The lowest BCUT2D eigenvalue weighted by molar-refractivity contribution is -0.143. The van der Waals surface area contributed by atoms with E-state index in [9.17, 15) is 35.9 Å². The largest absolute Gasteiger partial charge is 0.492 e. The fourth-order valence-corrected chi connectivity index (χ4v) is 5.75. The summed E-state index contributed by atoms with van der Waals surface area (Å²) in [5.41, 5.74) is -0.0549. The van der Waals surface area contributed by atoms with Crippen LogP contribution < -0.4 is 10.2 Å². The standard InChI is InChI=1S/C29H29F6N3O5S2/c30-28(31,32)21-14-19(15-22(17-21)29(33,34)35)18-4-5-23(43-12-9-37-7-10-42-11-8-37)20(13-18)16-24-26(41)38(27(44)45-24)36-6-2-1-3-25(39)40/h4-5,13-17,36H,1-3,6-12H2,(H,39,40)/b24-16-. The zero-order valence-electron chi connectivity index (χ0n) is 23.7. The second-order valence-electron chi connectivity index (χ2n) is 10.1. The molecule has 45 heavy (non-hydrogen) atoms. The molecule has 0 atom stereocenters. The third kappa shape index (κ3) is 9.66. The number of hydrogen-bond donors (Lipinski definition) is 2. The highest BCUT2D eigenvalue weighted by atomic mass is 32.2. The van der Waals surface area contributed by atoms with Crippen LogP contribution in [0.15, 0.2) is 41.3 Å². The van der Waals surface area contributed by atoms with Crippen molar-refractivity contribution in [3.63, 3.8) is 0 Å². The molecular formula is C29H29F6N3O5S2. The fourth-order valence-electron chi connectivity index (χ4n) is 4.54. The van der Waals surface area contributed by atoms with Crippen LogP contribution in [-0.2, 0) is 26.7 Å². The van der Waals surface area contributed by atoms with Crippen LogP contribution in [-0.4, -0.2) is 77.2 Å². The number of benzene rings is 2. The van der Waals surface area contributed by atoms with Crippen molar-refractivity contribution < 1.29 is 50.5 Å². The first-order valence-corrected chi connectivity index (χ1v) is 15.0. The number of amides is 1. The molecule has 0 bridgehead atoms. The van der Waals surface area contributed by atoms with Crippen LogP contribution in [0.2, 0.25) is 0 Å². The number of carboxylic acids is 1. The van der Waals surface area contributed by atoms with Gasteiger partial charge in [0.05, 0.1) is 29.2 Å². The third-order valence-electron chi connectivity index (χ3n) is 6.87. The number of carbonyl (C=O) groups is 2. The molecule has 0 saturated carbocycles. The van der Waals surface area contributed by atoms with E-state index in [-0.39, 0.29) is 57.3 Å². The summed E-state index contributed by atoms with van der Waals surface area (Å²) in [5, 5.41) is 9.92. The monoisotopic (exact) mass is 677 g/mol. The molecule has 2 aliphatic rings. The number of rotatable bonds is 12. The van der Waals surface area contributed by atoms with Crippen LogP contribution in [0, 0.1) is 0 Å². The SMILES string of the molecule is O=C(O)CCCCNN1C(=O)/C(=C/c2cc(-c3cc(C(F)(F)F)cc(C(F)(F)F)c3)ccc2OCCN2CCOCC2)SC1=S. The van der Waals surface area contributed by atoms with Crippen molar-refractivity contribution in [2.75, 3.05) is 46.0 Å². The molecule has 0 aromatic heterocycles. The van der Waals surface area contributed by atoms with Crippen molar-refractivity contribution in [2.45, 2.75) is 31.6 Å². The van der Waals surface area contributed by atoms with Gasteiger partial charge >= 0.3 is 18.3 Å². The number of thiocarbonyl (C=S) groups is 1. The highest BCUT2D eigenvalue weighted by Crippen LogP contribution is 2.40. The molecule has 0 aliphatic carbocycles. The van der Waals surface area contributed by atoms with Crippen LogP contribution >= 0.6 is 24.0 Å². The van der Waals surface area contributed by atoms with Crippen molar-refractivity contribution in [3.05, 3.63) is 58.0 Å². The van der Waals surface area contributed by atoms with Gasteiger partial charge in [0.2, 0.25) is 0 Å². The summed E-state index contributed by atoms with van der Waals surface area (Å²) in [4.78, 5) is 26.2. The zero-order chi connectivity index (χ0) is 32.8. The summed E-state index contributed by atoms with van der Waals surface area (Å²) in [6.07, 6.45) is -7.79. The lowest BCUT2D eigenvalue weighted by atomic mass is 9.97. The van der Waals surface area contributed by atoms with Gasteiger partial charge in [-0.1, -0.05) is 30.0 Å². The number of ether oxygens (including phenoxy) is 2. The summed E-state index contributed by atoms with van der Waals surface area (Å²) in [6.45, 7) is 3.60.